The highest BCUT2D eigenvalue weighted by Crippen LogP contribution is 2.11. The molecule has 0 spiro atoms. The molecule has 0 atom stereocenters. The van der Waals surface area contributed by atoms with Gasteiger partial charge in [0.1, 0.15) is 5.82 Å². The monoisotopic (exact) mass is 266 g/mol. The number of halogens is 1. The summed E-state index contributed by atoms with van der Waals surface area (Å²) in [4.78, 5) is 4.14. The van der Waals surface area contributed by atoms with Crippen molar-refractivity contribution in [1.29, 1.82) is 0 Å². The molecule has 1 aromatic heterocycles. The van der Waals surface area contributed by atoms with E-state index in [0.29, 0.717) is 19.8 Å². The maximum atomic E-state index is 5.27. The maximum absolute atomic E-state index is 5.27. The van der Waals surface area contributed by atoms with Crippen LogP contribution in [0.3, 0.4) is 0 Å². The molecule has 0 amide bonds. The van der Waals surface area contributed by atoms with E-state index in [9.17, 15) is 0 Å². The van der Waals surface area contributed by atoms with Gasteiger partial charge in [-0.05, 0) is 27.5 Å². The molecule has 1 rings (SSSR count). The summed E-state index contributed by atoms with van der Waals surface area (Å²) in [7, 11) is 1.66. The van der Waals surface area contributed by atoms with Crippen LogP contribution < -0.4 is 0 Å². The van der Waals surface area contributed by atoms with E-state index in [-0.39, 0.29) is 0 Å². The summed E-state index contributed by atoms with van der Waals surface area (Å²) in [5.41, 5.74) is 0. The van der Waals surface area contributed by atoms with Gasteiger partial charge in [-0.25, -0.2) is 4.98 Å². The van der Waals surface area contributed by atoms with E-state index in [2.05, 4.69) is 25.3 Å². The minimum Gasteiger partial charge on any atom is -0.382 e. The molecule has 0 bridgehead atoms. The van der Waals surface area contributed by atoms with Gasteiger partial charge in [0.25, 0.3) is 0 Å². The molecule has 0 N–H and O–H groups in total. The molecule has 0 unspecified atom stereocenters. The zero-order chi connectivity index (χ0) is 9.52. The van der Waals surface area contributed by atoms with Crippen LogP contribution >= 0.6 is 27.5 Å². The normalized spacial score (nSPS) is 10.6. The fourth-order valence-electron chi connectivity index (χ4n) is 0.742. The SMILES string of the molecule is COCCOCCc1nsc(Br)n1. The van der Waals surface area contributed by atoms with Gasteiger partial charge in [0.15, 0.2) is 3.92 Å². The quantitative estimate of drug-likeness (QED) is 0.733. The average molecular weight is 267 g/mol. The van der Waals surface area contributed by atoms with Gasteiger partial charge in [0.05, 0.1) is 19.8 Å². The van der Waals surface area contributed by atoms with Crippen LogP contribution in [0.4, 0.5) is 0 Å². The van der Waals surface area contributed by atoms with E-state index in [1.165, 1.54) is 11.5 Å². The van der Waals surface area contributed by atoms with E-state index < -0.39 is 0 Å². The molecule has 0 saturated carbocycles. The van der Waals surface area contributed by atoms with Crippen LogP contribution in [-0.2, 0) is 15.9 Å². The van der Waals surface area contributed by atoms with Crippen LogP contribution in [0.5, 0.6) is 0 Å². The lowest BCUT2D eigenvalue weighted by Crippen LogP contribution is -2.05. The second kappa shape index (κ2) is 6.42. The number of hydrogen-bond donors (Lipinski definition) is 0. The molecule has 1 aromatic rings. The van der Waals surface area contributed by atoms with E-state index in [4.69, 9.17) is 9.47 Å². The Morgan fingerprint density at radius 1 is 1.38 bits per heavy atom. The molecule has 0 aromatic carbocycles. The zero-order valence-electron chi connectivity index (χ0n) is 7.33. The van der Waals surface area contributed by atoms with E-state index in [1.807, 2.05) is 0 Å². The number of rotatable bonds is 6. The highest BCUT2D eigenvalue weighted by atomic mass is 79.9. The molecule has 1 heterocycles. The third-order valence-electron chi connectivity index (χ3n) is 1.35. The molecular weight excluding hydrogens is 256 g/mol. The standard InChI is InChI=1S/C7H11BrN2O2S/c1-11-4-5-12-3-2-6-9-7(8)13-10-6/h2-5H2,1H3. The molecule has 0 fully saturated rings. The lowest BCUT2D eigenvalue weighted by Gasteiger charge is -2.00. The molecule has 4 nitrogen and oxygen atoms in total. The Labute approximate surface area is 89.6 Å². The summed E-state index contributed by atoms with van der Waals surface area (Å²) in [6.07, 6.45) is 0.756. The predicted octanol–water partition coefficient (Wildman–Crippen LogP) is 1.51. The average Bonchev–Trinajstić information content (AvgIpc) is 2.51. The Morgan fingerprint density at radius 2 is 2.23 bits per heavy atom. The predicted molar refractivity (Wildman–Crippen MR) is 54.0 cm³/mol. The first-order chi connectivity index (χ1) is 6.33. The first kappa shape index (κ1) is 11.0. The molecule has 0 aliphatic rings. The number of aromatic nitrogens is 2. The van der Waals surface area contributed by atoms with Crippen molar-refractivity contribution in [3.63, 3.8) is 0 Å². The number of nitrogens with zero attached hydrogens (tertiary/aromatic N) is 2. The van der Waals surface area contributed by atoms with E-state index in [1.54, 1.807) is 7.11 Å². The van der Waals surface area contributed by atoms with Gasteiger partial charge in [-0.3, -0.25) is 0 Å². The number of hydrogen-bond acceptors (Lipinski definition) is 5. The molecule has 6 heteroatoms. The smallest absolute Gasteiger partial charge is 0.179 e. The van der Waals surface area contributed by atoms with Crippen molar-refractivity contribution in [2.45, 2.75) is 6.42 Å². The van der Waals surface area contributed by atoms with Crippen LogP contribution in [0.2, 0.25) is 0 Å². The second-order valence-electron chi connectivity index (χ2n) is 2.32. The van der Waals surface area contributed by atoms with Gasteiger partial charge < -0.3 is 9.47 Å². The fourth-order valence-corrected chi connectivity index (χ4v) is 1.62. The minimum atomic E-state index is 0.627. The first-order valence-corrected chi connectivity index (χ1v) is 5.44. The second-order valence-corrected chi connectivity index (χ2v) is 4.35. The van der Waals surface area contributed by atoms with Gasteiger partial charge >= 0.3 is 0 Å². The van der Waals surface area contributed by atoms with Gasteiger partial charge in [-0.2, -0.15) is 4.37 Å². The Hall–Kier alpha value is -0.0400. The molecule has 13 heavy (non-hydrogen) atoms. The highest BCUT2D eigenvalue weighted by Gasteiger charge is 2.00. The summed E-state index contributed by atoms with van der Waals surface area (Å²) < 4.78 is 15.0. The number of ether oxygens (including phenoxy) is 2. The van der Waals surface area contributed by atoms with Crippen molar-refractivity contribution in [3.8, 4) is 0 Å². The fraction of sp³-hybridized carbons (Fsp3) is 0.714. The summed E-state index contributed by atoms with van der Waals surface area (Å²) in [6.45, 7) is 1.91. The van der Waals surface area contributed by atoms with Gasteiger partial charge in [0, 0.05) is 13.5 Å². The Balaban J connectivity index is 2.06. The lowest BCUT2D eigenvalue weighted by atomic mass is 10.4. The molecule has 74 valence electrons. The molecule has 0 radical (unpaired) electrons. The first-order valence-electron chi connectivity index (χ1n) is 3.87. The van der Waals surface area contributed by atoms with Crippen molar-refractivity contribution >= 4 is 27.5 Å². The van der Waals surface area contributed by atoms with Crippen molar-refractivity contribution in [3.05, 3.63) is 9.74 Å². The van der Waals surface area contributed by atoms with Crippen molar-refractivity contribution in [2.24, 2.45) is 0 Å². The van der Waals surface area contributed by atoms with Crippen LogP contribution in [0, 0.1) is 0 Å². The van der Waals surface area contributed by atoms with E-state index in [0.717, 1.165) is 16.2 Å². The molecule has 0 saturated heterocycles. The largest absolute Gasteiger partial charge is 0.382 e. The highest BCUT2D eigenvalue weighted by molar-refractivity contribution is 9.11. The summed E-state index contributed by atoms with van der Waals surface area (Å²) in [5.74, 6) is 0.828. The van der Waals surface area contributed by atoms with Gasteiger partial charge in [-0.15, -0.1) is 0 Å². The summed E-state index contributed by atoms with van der Waals surface area (Å²) in [6, 6.07) is 0. The third kappa shape index (κ3) is 4.66. The lowest BCUT2D eigenvalue weighted by molar-refractivity contribution is 0.0717. The Kier molecular flexibility index (Phi) is 5.45. The van der Waals surface area contributed by atoms with Crippen molar-refractivity contribution in [2.75, 3.05) is 26.9 Å². The Morgan fingerprint density at radius 3 is 2.85 bits per heavy atom. The Bertz CT molecular complexity index is 244. The topological polar surface area (TPSA) is 44.2 Å². The van der Waals surface area contributed by atoms with Gasteiger partial charge in [-0.1, -0.05) is 0 Å². The molecule has 0 aliphatic heterocycles. The van der Waals surface area contributed by atoms with Crippen LogP contribution in [0.1, 0.15) is 5.82 Å². The van der Waals surface area contributed by atoms with Crippen LogP contribution in [0.15, 0.2) is 3.92 Å². The maximum Gasteiger partial charge on any atom is 0.179 e. The number of methoxy groups -OCH3 is 1. The van der Waals surface area contributed by atoms with Crippen molar-refractivity contribution < 1.29 is 9.47 Å². The third-order valence-corrected chi connectivity index (χ3v) is 2.50. The minimum absolute atomic E-state index is 0.627. The molecule has 0 aliphatic carbocycles. The summed E-state index contributed by atoms with van der Waals surface area (Å²) in [5, 5.41) is 0. The van der Waals surface area contributed by atoms with E-state index >= 15 is 0 Å². The van der Waals surface area contributed by atoms with Gasteiger partial charge in [0.2, 0.25) is 0 Å². The summed E-state index contributed by atoms with van der Waals surface area (Å²) >= 11 is 4.60. The van der Waals surface area contributed by atoms with Crippen LogP contribution in [-0.4, -0.2) is 36.3 Å². The van der Waals surface area contributed by atoms with Crippen LogP contribution in [0.25, 0.3) is 0 Å². The van der Waals surface area contributed by atoms with Crippen molar-refractivity contribution in [1.82, 2.24) is 9.36 Å². The molecular formula is C7H11BrN2O2S. The zero-order valence-corrected chi connectivity index (χ0v) is 9.73.